The average molecular weight is 382 g/mol. The van der Waals surface area contributed by atoms with Gasteiger partial charge in [-0.25, -0.2) is 8.42 Å². The topological polar surface area (TPSA) is 104 Å². The van der Waals surface area contributed by atoms with Crippen LogP contribution in [-0.2, 0) is 19.6 Å². The normalized spacial score (nSPS) is 15.6. The minimum absolute atomic E-state index is 0.0377. The van der Waals surface area contributed by atoms with Crippen LogP contribution in [0.15, 0.2) is 23.1 Å². The van der Waals surface area contributed by atoms with Crippen LogP contribution in [0.4, 0.5) is 5.69 Å². The molecule has 0 radical (unpaired) electrons. The molecule has 1 amide bonds. The van der Waals surface area contributed by atoms with Crippen LogP contribution < -0.4 is 5.32 Å². The molecular formula is C18H26N2O5S. The molecule has 2 N–H and O–H groups in total. The summed E-state index contributed by atoms with van der Waals surface area (Å²) in [6, 6.07) is 4.88. The number of carbonyl (C=O) groups is 2. The van der Waals surface area contributed by atoms with Crippen molar-refractivity contribution in [2.45, 2.75) is 56.8 Å². The van der Waals surface area contributed by atoms with E-state index in [1.807, 2.05) is 0 Å². The first kappa shape index (κ1) is 20.4. The van der Waals surface area contributed by atoms with Gasteiger partial charge in [0.2, 0.25) is 15.9 Å². The number of carbonyl (C=O) groups excluding carboxylic acids is 1. The third-order valence-corrected chi connectivity index (χ3v) is 6.49. The van der Waals surface area contributed by atoms with Crippen LogP contribution in [0.2, 0.25) is 0 Å². The average Bonchev–Trinajstić information content (AvgIpc) is 2.61. The maximum atomic E-state index is 12.9. The number of carboxylic acid groups (broad SMARTS) is 1. The summed E-state index contributed by atoms with van der Waals surface area (Å²) in [5.74, 6) is -1.13. The molecule has 1 fully saturated rings. The summed E-state index contributed by atoms with van der Waals surface area (Å²) in [4.78, 5) is 22.7. The molecule has 0 bridgehead atoms. The quantitative estimate of drug-likeness (QED) is 0.673. The van der Waals surface area contributed by atoms with E-state index < -0.39 is 16.0 Å². The van der Waals surface area contributed by atoms with Crippen molar-refractivity contribution in [1.82, 2.24) is 4.31 Å². The lowest BCUT2D eigenvalue weighted by molar-refractivity contribution is -0.137. The van der Waals surface area contributed by atoms with Crippen LogP contribution in [0, 0.1) is 6.92 Å². The largest absolute Gasteiger partial charge is 0.481 e. The first-order valence-corrected chi connectivity index (χ1v) is 10.4. The lowest BCUT2D eigenvalue weighted by Crippen LogP contribution is -2.36. The van der Waals surface area contributed by atoms with Crippen molar-refractivity contribution in [2.24, 2.45) is 0 Å². The molecule has 1 saturated heterocycles. The summed E-state index contributed by atoms with van der Waals surface area (Å²) in [5, 5.41) is 11.3. The predicted molar refractivity (Wildman–Crippen MR) is 98.5 cm³/mol. The number of rotatable bonds is 8. The summed E-state index contributed by atoms with van der Waals surface area (Å²) in [6.45, 7) is 2.80. The van der Waals surface area contributed by atoms with E-state index in [1.165, 1.54) is 10.4 Å². The number of aryl methyl sites for hydroxylation is 1. The van der Waals surface area contributed by atoms with E-state index in [0.29, 0.717) is 37.2 Å². The standard InChI is InChI=1S/C18H26N2O5S/c1-14-9-10-15(19-17(21)7-3-4-8-18(22)23)13-16(14)26(24,25)20-11-5-2-6-12-20/h9-10,13H,2-8,11-12H2,1H3,(H,19,21)(H,22,23). The molecule has 0 saturated carbocycles. The Morgan fingerprint density at radius 3 is 2.42 bits per heavy atom. The second-order valence-corrected chi connectivity index (χ2v) is 8.50. The Morgan fingerprint density at radius 2 is 1.77 bits per heavy atom. The summed E-state index contributed by atoms with van der Waals surface area (Å²) in [5.41, 5.74) is 1.09. The molecule has 144 valence electrons. The number of piperidine rings is 1. The molecule has 1 heterocycles. The van der Waals surface area contributed by atoms with Gasteiger partial charge in [-0.3, -0.25) is 9.59 Å². The molecule has 0 unspecified atom stereocenters. The summed E-state index contributed by atoms with van der Waals surface area (Å²) < 4.78 is 27.3. The van der Waals surface area contributed by atoms with E-state index in [2.05, 4.69) is 5.32 Å². The van der Waals surface area contributed by atoms with E-state index >= 15 is 0 Å². The number of amides is 1. The van der Waals surface area contributed by atoms with Crippen LogP contribution in [0.3, 0.4) is 0 Å². The molecule has 1 aromatic carbocycles. The highest BCUT2D eigenvalue weighted by Crippen LogP contribution is 2.26. The smallest absolute Gasteiger partial charge is 0.303 e. The molecule has 0 spiro atoms. The number of nitrogens with zero attached hydrogens (tertiary/aromatic N) is 1. The number of nitrogens with one attached hydrogen (secondary N) is 1. The third kappa shape index (κ3) is 5.54. The highest BCUT2D eigenvalue weighted by molar-refractivity contribution is 7.89. The Bertz CT molecular complexity index is 755. The molecule has 1 aromatic rings. The molecule has 1 aliphatic heterocycles. The molecule has 1 aliphatic rings. The van der Waals surface area contributed by atoms with Gasteiger partial charge in [0.1, 0.15) is 0 Å². The first-order chi connectivity index (χ1) is 12.3. The Kier molecular flexibility index (Phi) is 7.16. The van der Waals surface area contributed by atoms with E-state index in [1.54, 1.807) is 19.1 Å². The highest BCUT2D eigenvalue weighted by Gasteiger charge is 2.27. The molecule has 26 heavy (non-hydrogen) atoms. The van der Waals surface area contributed by atoms with Crippen LogP contribution in [0.5, 0.6) is 0 Å². The minimum atomic E-state index is -3.56. The number of anilines is 1. The Hall–Kier alpha value is -1.93. The van der Waals surface area contributed by atoms with Crippen molar-refractivity contribution in [2.75, 3.05) is 18.4 Å². The van der Waals surface area contributed by atoms with Crippen LogP contribution >= 0.6 is 0 Å². The van der Waals surface area contributed by atoms with E-state index in [0.717, 1.165) is 19.3 Å². The number of hydrogen-bond donors (Lipinski definition) is 2. The number of carboxylic acids is 1. The zero-order valence-corrected chi connectivity index (χ0v) is 15.8. The number of aliphatic carboxylic acids is 1. The van der Waals surface area contributed by atoms with Gasteiger partial charge in [-0.2, -0.15) is 4.31 Å². The molecule has 2 rings (SSSR count). The monoisotopic (exact) mass is 382 g/mol. The zero-order valence-electron chi connectivity index (χ0n) is 15.0. The van der Waals surface area contributed by atoms with Crippen molar-refractivity contribution >= 4 is 27.6 Å². The maximum Gasteiger partial charge on any atom is 0.303 e. The molecule has 7 nitrogen and oxygen atoms in total. The summed E-state index contributed by atoms with van der Waals surface area (Å²) in [6.07, 6.45) is 3.93. The summed E-state index contributed by atoms with van der Waals surface area (Å²) >= 11 is 0. The predicted octanol–water partition coefficient (Wildman–Crippen LogP) is 2.75. The van der Waals surface area contributed by atoms with Gasteiger partial charge in [0.25, 0.3) is 0 Å². The van der Waals surface area contributed by atoms with Gasteiger partial charge in [0.15, 0.2) is 0 Å². The molecular weight excluding hydrogens is 356 g/mol. The fourth-order valence-electron chi connectivity index (χ4n) is 2.99. The Morgan fingerprint density at radius 1 is 1.12 bits per heavy atom. The number of hydrogen-bond acceptors (Lipinski definition) is 4. The lowest BCUT2D eigenvalue weighted by Gasteiger charge is -2.26. The number of unbranched alkanes of at least 4 members (excludes halogenated alkanes) is 1. The van der Waals surface area contributed by atoms with Crippen LogP contribution in [-0.4, -0.2) is 42.8 Å². The molecule has 8 heteroatoms. The van der Waals surface area contributed by atoms with E-state index in [4.69, 9.17) is 5.11 Å². The second kappa shape index (κ2) is 9.14. The van der Waals surface area contributed by atoms with Gasteiger partial charge in [0, 0.05) is 31.6 Å². The minimum Gasteiger partial charge on any atom is -0.481 e. The lowest BCUT2D eigenvalue weighted by atomic mass is 10.2. The van der Waals surface area contributed by atoms with Gasteiger partial charge in [-0.15, -0.1) is 0 Å². The fourth-order valence-corrected chi connectivity index (χ4v) is 4.75. The van der Waals surface area contributed by atoms with E-state index in [-0.39, 0.29) is 23.6 Å². The van der Waals surface area contributed by atoms with Crippen molar-refractivity contribution in [3.05, 3.63) is 23.8 Å². The van der Waals surface area contributed by atoms with Crippen molar-refractivity contribution in [3.63, 3.8) is 0 Å². The maximum absolute atomic E-state index is 12.9. The first-order valence-electron chi connectivity index (χ1n) is 8.93. The van der Waals surface area contributed by atoms with Gasteiger partial charge >= 0.3 is 5.97 Å². The van der Waals surface area contributed by atoms with Gasteiger partial charge < -0.3 is 10.4 Å². The van der Waals surface area contributed by atoms with Crippen molar-refractivity contribution in [3.8, 4) is 0 Å². The van der Waals surface area contributed by atoms with Crippen molar-refractivity contribution < 1.29 is 23.1 Å². The third-order valence-electron chi connectivity index (χ3n) is 4.45. The molecule has 0 aliphatic carbocycles. The van der Waals surface area contributed by atoms with Crippen LogP contribution in [0.1, 0.15) is 50.5 Å². The Labute approximate surface area is 154 Å². The second-order valence-electron chi connectivity index (χ2n) is 6.59. The van der Waals surface area contributed by atoms with Crippen molar-refractivity contribution in [1.29, 1.82) is 0 Å². The number of benzene rings is 1. The van der Waals surface area contributed by atoms with Gasteiger partial charge in [0.05, 0.1) is 4.90 Å². The Balaban J connectivity index is 2.04. The highest BCUT2D eigenvalue weighted by atomic mass is 32.2. The fraction of sp³-hybridized carbons (Fsp3) is 0.556. The number of sulfonamides is 1. The van der Waals surface area contributed by atoms with Crippen LogP contribution in [0.25, 0.3) is 0 Å². The zero-order chi connectivity index (χ0) is 19.2. The molecule has 0 aromatic heterocycles. The summed E-state index contributed by atoms with van der Waals surface area (Å²) in [7, 11) is -3.56. The van der Waals surface area contributed by atoms with Gasteiger partial charge in [-0.05, 0) is 50.3 Å². The molecule has 0 atom stereocenters. The van der Waals surface area contributed by atoms with Gasteiger partial charge in [-0.1, -0.05) is 12.5 Å². The SMILES string of the molecule is Cc1ccc(NC(=O)CCCCC(=O)O)cc1S(=O)(=O)N1CCCCC1. The van der Waals surface area contributed by atoms with E-state index in [9.17, 15) is 18.0 Å².